The van der Waals surface area contributed by atoms with Crippen molar-refractivity contribution in [3.63, 3.8) is 0 Å². The van der Waals surface area contributed by atoms with E-state index < -0.39 is 12.2 Å². The monoisotopic (exact) mass is 224 g/mol. The summed E-state index contributed by atoms with van der Waals surface area (Å²) < 4.78 is 9.22. The number of hydrogen-bond donors (Lipinski definition) is 2. The summed E-state index contributed by atoms with van der Waals surface area (Å²) in [7, 11) is 0. The van der Waals surface area contributed by atoms with Gasteiger partial charge in [0.05, 0.1) is 6.61 Å². The van der Waals surface area contributed by atoms with Crippen LogP contribution in [0.2, 0.25) is 0 Å². The smallest absolute Gasteiger partial charge is 0.409 e. The van der Waals surface area contributed by atoms with Crippen LogP contribution in [0.25, 0.3) is 0 Å². The lowest BCUT2D eigenvalue weighted by Crippen LogP contribution is -2.16. The van der Waals surface area contributed by atoms with Gasteiger partial charge in [-0.2, -0.15) is 0 Å². The summed E-state index contributed by atoms with van der Waals surface area (Å²) in [6, 6.07) is 6.68. The fourth-order valence-electron chi connectivity index (χ4n) is 1.11. The molecule has 16 heavy (non-hydrogen) atoms. The van der Waals surface area contributed by atoms with Gasteiger partial charge >= 0.3 is 12.2 Å². The largest absolute Gasteiger partial charge is 0.449 e. The van der Waals surface area contributed by atoms with Crippen molar-refractivity contribution in [3.8, 4) is 5.75 Å². The summed E-state index contributed by atoms with van der Waals surface area (Å²) in [6.45, 7) is 0.214. The van der Waals surface area contributed by atoms with E-state index in [1.54, 1.807) is 24.3 Å². The Kier molecular flexibility index (Phi) is 4.14. The molecule has 0 heterocycles. The molecular formula is C10H12N2O4. The van der Waals surface area contributed by atoms with Crippen molar-refractivity contribution in [3.05, 3.63) is 29.8 Å². The first kappa shape index (κ1) is 11.8. The minimum atomic E-state index is -0.857. The van der Waals surface area contributed by atoms with E-state index >= 15 is 0 Å². The number of primary amides is 2. The molecule has 0 unspecified atom stereocenters. The SMILES string of the molecule is NC(=O)OCCc1ccc(OC(N)=O)cc1. The van der Waals surface area contributed by atoms with Crippen molar-refractivity contribution in [1.29, 1.82) is 0 Å². The van der Waals surface area contributed by atoms with Gasteiger partial charge < -0.3 is 20.9 Å². The Morgan fingerprint density at radius 2 is 1.69 bits per heavy atom. The summed E-state index contributed by atoms with van der Waals surface area (Å²) in [5, 5.41) is 0. The van der Waals surface area contributed by atoms with Crippen LogP contribution >= 0.6 is 0 Å². The molecule has 0 bridgehead atoms. The number of carbonyl (C=O) groups is 2. The number of benzene rings is 1. The predicted molar refractivity (Wildman–Crippen MR) is 55.9 cm³/mol. The van der Waals surface area contributed by atoms with Crippen molar-refractivity contribution in [2.75, 3.05) is 6.61 Å². The van der Waals surface area contributed by atoms with Crippen molar-refractivity contribution in [1.82, 2.24) is 0 Å². The fraction of sp³-hybridized carbons (Fsp3) is 0.200. The summed E-state index contributed by atoms with van der Waals surface area (Å²) >= 11 is 0. The Balaban J connectivity index is 2.45. The zero-order chi connectivity index (χ0) is 12.0. The van der Waals surface area contributed by atoms with Crippen LogP contribution in [0.4, 0.5) is 9.59 Å². The third-order valence-corrected chi connectivity index (χ3v) is 1.78. The molecule has 1 aromatic carbocycles. The molecule has 0 saturated carbocycles. The van der Waals surface area contributed by atoms with E-state index in [9.17, 15) is 9.59 Å². The first-order chi connectivity index (χ1) is 7.58. The highest BCUT2D eigenvalue weighted by Crippen LogP contribution is 2.12. The second-order valence-electron chi connectivity index (χ2n) is 2.98. The molecule has 0 atom stereocenters. The maximum atomic E-state index is 10.4. The topological polar surface area (TPSA) is 105 Å². The molecule has 0 aromatic heterocycles. The first-order valence-corrected chi connectivity index (χ1v) is 4.56. The minimum Gasteiger partial charge on any atom is -0.449 e. The Hall–Kier alpha value is -2.24. The van der Waals surface area contributed by atoms with Crippen LogP contribution < -0.4 is 16.2 Å². The van der Waals surface area contributed by atoms with Gasteiger partial charge in [0.15, 0.2) is 0 Å². The molecule has 86 valence electrons. The second-order valence-corrected chi connectivity index (χ2v) is 2.98. The Morgan fingerprint density at radius 1 is 1.06 bits per heavy atom. The number of hydrogen-bond acceptors (Lipinski definition) is 4. The number of rotatable bonds is 4. The van der Waals surface area contributed by atoms with Gasteiger partial charge in [-0.1, -0.05) is 12.1 Å². The molecule has 0 aliphatic carbocycles. The van der Waals surface area contributed by atoms with Crippen LogP contribution in [0.1, 0.15) is 5.56 Å². The number of nitrogens with two attached hydrogens (primary N) is 2. The van der Waals surface area contributed by atoms with Crippen molar-refractivity contribution in [2.24, 2.45) is 11.5 Å². The van der Waals surface area contributed by atoms with Crippen molar-refractivity contribution < 1.29 is 19.1 Å². The van der Waals surface area contributed by atoms with E-state index in [1.807, 2.05) is 0 Å². The fourth-order valence-corrected chi connectivity index (χ4v) is 1.11. The van der Waals surface area contributed by atoms with Gasteiger partial charge in [0.25, 0.3) is 0 Å². The van der Waals surface area contributed by atoms with Crippen LogP contribution in [0.3, 0.4) is 0 Å². The third-order valence-electron chi connectivity index (χ3n) is 1.78. The van der Waals surface area contributed by atoms with E-state index in [0.29, 0.717) is 12.2 Å². The first-order valence-electron chi connectivity index (χ1n) is 4.56. The van der Waals surface area contributed by atoms with Crippen LogP contribution in [-0.4, -0.2) is 18.8 Å². The van der Waals surface area contributed by atoms with Crippen LogP contribution in [0, 0.1) is 0 Å². The molecule has 1 aromatic rings. The molecule has 6 nitrogen and oxygen atoms in total. The molecule has 0 aliphatic rings. The Morgan fingerprint density at radius 3 is 2.19 bits per heavy atom. The predicted octanol–water partition coefficient (Wildman–Crippen LogP) is 0.782. The van der Waals surface area contributed by atoms with Crippen LogP contribution in [-0.2, 0) is 11.2 Å². The third kappa shape index (κ3) is 4.32. The van der Waals surface area contributed by atoms with Crippen molar-refractivity contribution in [2.45, 2.75) is 6.42 Å². The highest BCUT2D eigenvalue weighted by molar-refractivity contribution is 5.68. The summed E-state index contributed by atoms with van der Waals surface area (Å²) in [5.74, 6) is 0.368. The van der Waals surface area contributed by atoms with Gasteiger partial charge in [-0.25, -0.2) is 9.59 Å². The Bertz CT molecular complexity index is 375. The average molecular weight is 224 g/mol. The van der Waals surface area contributed by atoms with Gasteiger partial charge in [-0.05, 0) is 17.7 Å². The second kappa shape index (κ2) is 5.59. The average Bonchev–Trinajstić information content (AvgIpc) is 2.19. The highest BCUT2D eigenvalue weighted by Gasteiger charge is 2.00. The maximum Gasteiger partial charge on any atom is 0.409 e. The molecule has 0 radical (unpaired) electrons. The van der Waals surface area contributed by atoms with E-state index in [2.05, 4.69) is 9.47 Å². The van der Waals surface area contributed by atoms with Gasteiger partial charge in [0.1, 0.15) is 5.75 Å². The minimum absolute atomic E-state index is 0.214. The van der Waals surface area contributed by atoms with Gasteiger partial charge in [0, 0.05) is 6.42 Å². The number of carbonyl (C=O) groups excluding carboxylic acids is 2. The Labute approximate surface area is 92.1 Å². The summed E-state index contributed by atoms with van der Waals surface area (Å²) in [6.07, 6.45) is -1.11. The lowest BCUT2D eigenvalue weighted by atomic mass is 10.1. The van der Waals surface area contributed by atoms with Gasteiger partial charge in [-0.15, -0.1) is 0 Å². The van der Waals surface area contributed by atoms with Gasteiger partial charge in [-0.3, -0.25) is 0 Å². The molecule has 2 amide bonds. The summed E-state index contributed by atoms with van der Waals surface area (Å²) in [5.41, 5.74) is 10.6. The van der Waals surface area contributed by atoms with E-state index in [0.717, 1.165) is 5.56 Å². The maximum absolute atomic E-state index is 10.4. The molecular weight excluding hydrogens is 212 g/mol. The molecule has 0 spiro atoms. The van der Waals surface area contributed by atoms with E-state index in [-0.39, 0.29) is 6.61 Å². The van der Waals surface area contributed by atoms with E-state index in [4.69, 9.17) is 11.5 Å². The van der Waals surface area contributed by atoms with Crippen LogP contribution in [0.15, 0.2) is 24.3 Å². The quantitative estimate of drug-likeness (QED) is 0.788. The molecule has 0 aliphatic heterocycles. The lowest BCUT2D eigenvalue weighted by Gasteiger charge is -2.03. The molecule has 1 rings (SSSR count). The normalized spacial score (nSPS) is 9.50. The highest BCUT2D eigenvalue weighted by atomic mass is 16.5. The number of ether oxygens (including phenoxy) is 2. The number of amides is 2. The lowest BCUT2D eigenvalue weighted by molar-refractivity contribution is 0.158. The molecule has 0 saturated heterocycles. The summed E-state index contributed by atoms with van der Waals surface area (Å²) in [4.78, 5) is 20.7. The zero-order valence-electron chi connectivity index (χ0n) is 8.51. The molecule has 0 fully saturated rings. The van der Waals surface area contributed by atoms with Crippen LogP contribution in [0.5, 0.6) is 5.75 Å². The van der Waals surface area contributed by atoms with Crippen molar-refractivity contribution >= 4 is 12.2 Å². The van der Waals surface area contributed by atoms with E-state index in [1.165, 1.54) is 0 Å². The van der Waals surface area contributed by atoms with Gasteiger partial charge in [0.2, 0.25) is 0 Å². The molecule has 4 N–H and O–H groups in total. The zero-order valence-corrected chi connectivity index (χ0v) is 8.51. The molecule has 6 heteroatoms. The standard InChI is InChI=1S/C10H12N2O4/c11-9(13)15-6-5-7-1-3-8(4-2-7)16-10(12)14/h1-4H,5-6H2,(H2,11,13)(H2,12,14).